The van der Waals surface area contributed by atoms with Crippen molar-refractivity contribution in [1.82, 2.24) is 0 Å². The van der Waals surface area contributed by atoms with Crippen LogP contribution in [0.1, 0.15) is 18.1 Å². The van der Waals surface area contributed by atoms with E-state index in [1.165, 1.54) is 0 Å². The van der Waals surface area contributed by atoms with Crippen LogP contribution in [0.4, 0.5) is 0 Å². The van der Waals surface area contributed by atoms with Crippen molar-refractivity contribution in [2.75, 3.05) is 11.1 Å². The average molecular weight is 327 g/mol. The molecule has 1 aromatic carbocycles. The van der Waals surface area contributed by atoms with Gasteiger partial charge in [0.15, 0.2) is 10.5 Å². The highest BCUT2D eigenvalue weighted by atomic mass is 79.9. The molecule has 0 bridgehead atoms. The smallest absolute Gasteiger partial charge is 0.193 e. The zero-order valence-electron chi connectivity index (χ0n) is 10.5. The number of halogens is 1. The molecule has 0 atom stereocenters. The second kappa shape index (κ2) is 5.93. The second-order valence-electron chi connectivity index (χ2n) is 4.10. The number of hydrogen-bond donors (Lipinski definition) is 0. The molecule has 0 aliphatic carbocycles. The molecule has 96 valence electrons. The Morgan fingerprint density at radius 1 is 1.33 bits per heavy atom. The monoisotopic (exact) mass is 326 g/mol. The van der Waals surface area contributed by atoms with Gasteiger partial charge in [0, 0.05) is 11.4 Å². The van der Waals surface area contributed by atoms with Gasteiger partial charge in [0.1, 0.15) is 5.58 Å². The number of hydrogen-bond acceptors (Lipinski definition) is 3. The van der Waals surface area contributed by atoms with E-state index in [-0.39, 0.29) is 5.43 Å². The SMILES string of the molecule is CCSc1cc(=O)c2cc(C)cc(CCBr)c2o1. The number of alkyl halides is 1. The van der Waals surface area contributed by atoms with Gasteiger partial charge in [-0.2, -0.15) is 0 Å². The van der Waals surface area contributed by atoms with E-state index in [4.69, 9.17) is 4.42 Å². The minimum atomic E-state index is 0.0479. The van der Waals surface area contributed by atoms with Crippen molar-refractivity contribution in [2.45, 2.75) is 25.4 Å². The first-order valence-electron chi connectivity index (χ1n) is 5.92. The Hall–Kier alpha value is -0.740. The van der Waals surface area contributed by atoms with Gasteiger partial charge in [0.2, 0.25) is 0 Å². The fraction of sp³-hybridized carbons (Fsp3) is 0.357. The van der Waals surface area contributed by atoms with Gasteiger partial charge < -0.3 is 4.42 Å². The van der Waals surface area contributed by atoms with Gasteiger partial charge in [-0.25, -0.2) is 0 Å². The minimum absolute atomic E-state index is 0.0479. The van der Waals surface area contributed by atoms with Crippen LogP contribution in [-0.4, -0.2) is 11.1 Å². The summed E-state index contributed by atoms with van der Waals surface area (Å²) < 4.78 is 5.86. The number of fused-ring (bicyclic) bond motifs is 1. The van der Waals surface area contributed by atoms with E-state index in [1.807, 2.05) is 19.9 Å². The van der Waals surface area contributed by atoms with E-state index in [0.29, 0.717) is 10.5 Å². The van der Waals surface area contributed by atoms with E-state index in [2.05, 4.69) is 22.0 Å². The number of aryl methyl sites for hydroxylation is 2. The molecule has 0 spiro atoms. The van der Waals surface area contributed by atoms with E-state index in [1.54, 1.807) is 17.8 Å². The molecule has 0 fully saturated rings. The van der Waals surface area contributed by atoms with Gasteiger partial charge >= 0.3 is 0 Å². The molecule has 2 nitrogen and oxygen atoms in total. The number of thioether (sulfide) groups is 1. The first-order chi connectivity index (χ1) is 8.65. The Bertz CT molecular complexity index is 619. The molecular formula is C14H15BrO2S. The van der Waals surface area contributed by atoms with Crippen molar-refractivity contribution in [3.05, 3.63) is 39.5 Å². The summed E-state index contributed by atoms with van der Waals surface area (Å²) in [5.74, 6) is 0.897. The van der Waals surface area contributed by atoms with Crippen LogP contribution in [0.15, 0.2) is 32.5 Å². The molecule has 0 aliphatic rings. The molecule has 0 aliphatic heterocycles. The van der Waals surface area contributed by atoms with Gasteiger partial charge in [0.25, 0.3) is 0 Å². The Kier molecular flexibility index (Phi) is 4.51. The zero-order valence-corrected chi connectivity index (χ0v) is 12.9. The van der Waals surface area contributed by atoms with Gasteiger partial charge in [-0.15, -0.1) is 0 Å². The third-order valence-corrected chi connectivity index (χ3v) is 3.85. The lowest BCUT2D eigenvalue weighted by molar-refractivity contribution is 0.497. The third kappa shape index (κ3) is 2.81. The fourth-order valence-electron chi connectivity index (χ4n) is 1.97. The highest BCUT2D eigenvalue weighted by Crippen LogP contribution is 2.25. The predicted octanol–water partition coefficient (Wildman–Crippen LogP) is 4.15. The number of benzene rings is 1. The van der Waals surface area contributed by atoms with Crippen molar-refractivity contribution in [3.63, 3.8) is 0 Å². The molecular weight excluding hydrogens is 312 g/mol. The van der Waals surface area contributed by atoms with E-state index < -0.39 is 0 Å². The van der Waals surface area contributed by atoms with Crippen LogP contribution in [0.25, 0.3) is 11.0 Å². The van der Waals surface area contributed by atoms with Crippen molar-refractivity contribution in [3.8, 4) is 0 Å². The predicted molar refractivity (Wildman–Crippen MR) is 81.1 cm³/mol. The van der Waals surface area contributed by atoms with Crippen LogP contribution in [0.5, 0.6) is 0 Å². The summed E-state index contributed by atoms with van der Waals surface area (Å²) in [5, 5.41) is 2.25. The normalized spacial score (nSPS) is 11.1. The van der Waals surface area contributed by atoms with E-state index >= 15 is 0 Å². The first-order valence-corrected chi connectivity index (χ1v) is 8.02. The molecule has 18 heavy (non-hydrogen) atoms. The topological polar surface area (TPSA) is 30.2 Å². The minimum Gasteiger partial charge on any atom is -0.449 e. The molecule has 2 aromatic rings. The van der Waals surface area contributed by atoms with E-state index in [9.17, 15) is 4.79 Å². The summed E-state index contributed by atoms with van der Waals surface area (Å²) in [7, 11) is 0. The lowest BCUT2D eigenvalue weighted by Crippen LogP contribution is -2.03. The second-order valence-corrected chi connectivity index (χ2v) is 6.16. The van der Waals surface area contributed by atoms with Crippen molar-refractivity contribution >= 4 is 38.7 Å². The Labute approximate surface area is 119 Å². The van der Waals surface area contributed by atoms with Crippen LogP contribution in [0.3, 0.4) is 0 Å². The quantitative estimate of drug-likeness (QED) is 0.624. The molecule has 0 saturated heterocycles. The van der Waals surface area contributed by atoms with Crippen molar-refractivity contribution in [1.29, 1.82) is 0 Å². The van der Waals surface area contributed by atoms with Gasteiger partial charge in [-0.3, -0.25) is 4.79 Å². The zero-order chi connectivity index (χ0) is 13.1. The van der Waals surface area contributed by atoms with Crippen LogP contribution >= 0.6 is 27.7 Å². The Morgan fingerprint density at radius 3 is 2.78 bits per heavy atom. The Morgan fingerprint density at radius 2 is 2.11 bits per heavy atom. The molecule has 1 heterocycles. The summed E-state index contributed by atoms with van der Waals surface area (Å²) >= 11 is 5.00. The fourth-order valence-corrected chi connectivity index (χ4v) is 3.01. The maximum atomic E-state index is 12.1. The summed E-state index contributed by atoms with van der Waals surface area (Å²) in [6.07, 6.45) is 0.862. The average Bonchev–Trinajstić information content (AvgIpc) is 2.31. The largest absolute Gasteiger partial charge is 0.449 e. The lowest BCUT2D eigenvalue weighted by Gasteiger charge is -2.07. The summed E-state index contributed by atoms with van der Waals surface area (Å²) in [6.45, 7) is 4.05. The molecule has 1 aromatic heterocycles. The summed E-state index contributed by atoms with van der Waals surface area (Å²) in [4.78, 5) is 12.1. The maximum absolute atomic E-state index is 12.1. The number of rotatable bonds is 4. The van der Waals surface area contributed by atoms with Crippen molar-refractivity contribution in [2.24, 2.45) is 0 Å². The molecule has 4 heteroatoms. The maximum Gasteiger partial charge on any atom is 0.193 e. The van der Waals surface area contributed by atoms with Crippen LogP contribution in [0.2, 0.25) is 0 Å². The van der Waals surface area contributed by atoms with Crippen LogP contribution in [-0.2, 0) is 6.42 Å². The lowest BCUT2D eigenvalue weighted by atomic mass is 10.1. The third-order valence-electron chi connectivity index (χ3n) is 2.68. The molecule has 0 amide bonds. The van der Waals surface area contributed by atoms with Gasteiger partial charge in [0.05, 0.1) is 5.39 Å². The standard InChI is InChI=1S/C14H15BrO2S/c1-3-18-13-8-12(16)11-7-9(2)6-10(4-5-15)14(11)17-13/h6-8H,3-5H2,1-2H3. The van der Waals surface area contributed by atoms with Crippen molar-refractivity contribution < 1.29 is 4.42 Å². The van der Waals surface area contributed by atoms with E-state index in [0.717, 1.165) is 34.2 Å². The Balaban J connectivity index is 2.71. The summed E-state index contributed by atoms with van der Waals surface area (Å²) in [6, 6.07) is 5.58. The molecule has 0 unspecified atom stereocenters. The highest BCUT2D eigenvalue weighted by Gasteiger charge is 2.10. The van der Waals surface area contributed by atoms with Gasteiger partial charge in [-0.05, 0) is 36.3 Å². The van der Waals surface area contributed by atoms with Gasteiger partial charge in [-0.1, -0.05) is 40.7 Å². The summed E-state index contributed by atoms with van der Waals surface area (Å²) in [5.41, 5.74) is 2.98. The molecule has 2 rings (SSSR count). The van der Waals surface area contributed by atoms with Crippen LogP contribution in [0, 0.1) is 6.92 Å². The first kappa shape index (κ1) is 13.7. The van der Waals surface area contributed by atoms with Crippen LogP contribution < -0.4 is 5.43 Å². The molecule has 0 N–H and O–H groups in total. The molecule has 0 radical (unpaired) electrons. The highest BCUT2D eigenvalue weighted by molar-refractivity contribution is 9.09. The molecule has 0 saturated carbocycles.